The van der Waals surface area contributed by atoms with Gasteiger partial charge in [0, 0.05) is 5.56 Å². The number of anilines is 2. The lowest BCUT2D eigenvalue weighted by atomic mass is 10.2. The average molecular weight is 394 g/mol. The average Bonchev–Trinajstić information content (AvgIpc) is 2.44. The van der Waals surface area contributed by atoms with Crippen molar-refractivity contribution in [2.45, 2.75) is 0 Å². The quantitative estimate of drug-likeness (QED) is 0.814. The van der Waals surface area contributed by atoms with Crippen LogP contribution in [0.4, 0.5) is 11.4 Å². The predicted octanol–water partition coefficient (Wildman–Crippen LogP) is 4.27. The number of benzene rings is 2. The number of sulfonamides is 1. The maximum absolute atomic E-state index is 12.3. The molecule has 5 nitrogen and oxygen atoms in total. The zero-order valence-electron chi connectivity index (χ0n) is 11.7. The van der Waals surface area contributed by atoms with Crippen LogP contribution in [-0.4, -0.2) is 20.6 Å². The van der Waals surface area contributed by atoms with Crippen molar-refractivity contribution in [1.29, 1.82) is 0 Å². The summed E-state index contributed by atoms with van der Waals surface area (Å²) >= 11 is 17.8. The van der Waals surface area contributed by atoms with Crippen LogP contribution in [0.2, 0.25) is 15.1 Å². The first-order chi connectivity index (χ1) is 10.7. The molecule has 0 bridgehead atoms. The summed E-state index contributed by atoms with van der Waals surface area (Å²) in [6.07, 6.45) is 0.988. The Labute approximate surface area is 148 Å². The molecule has 122 valence electrons. The lowest BCUT2D eigenvalue weighted by Gasteiger charge is -2.11. The molecule has 0 aliphatic heterocycles. The Morgan fingerprint density at radius 3 is 2.35 bits per heavy atom. The predicted molar refractivity (Wildman–Crippen MR) is 94.3 cm³/mol. The van der Waals surface area contributed by atoms with Crippen LogP contribution in [0.5, 0.6) is 0 Å². The van der Waals surface area contributed by atoms with E-state index in [0.29, 0.717) is 10.7 Å². The lowest BCUT2D eigenvalue weighted by Crippen LogP contribution is -2.14. The van der Waals surface area contributed by atoms with Gasteiger partial charge in [-0.25, -0.2) is 8.42 Å². The lowest BCUT2D eigenvalue weighted by molar-refractivity contribution is 0.102. The van der Waals surface area contributed by atoms with E-state index in [4.69, 9.17) is 34.8 Å². The Bertz CT molecular complexity index is 870. The molecule has 0 spiro atoms. The third-order valence-electron chi connectivity index (χ3n) is 2.72. The third-order valence-corrected chi connectivity index (χ3v) is 4.46. The standard InChI is InChI=1S/C14H11Cl3N2O3S/c1-23(21,22)19-12-7-8(5-6-9(12)15)14(20)18-11-4-2-3-10(16)13(11)17/h2-7,19H,1H3,(H,18,20). The van der Waals surface area contributed by atoms with Gasteiger partial charge in [-0.2, -0.15) is 0 Å². The van der Waals surface area contributed by atoms with Gasteiger partial charge in [-0.1, -0.05) is 40.9 Å². The first kappa shape index (κ1) is 17.9. The Kier molecular flexibility index (Phi) is 5.41. The zero-order chi connectivity index (χ0) is 17.2. The topological polar surface area (TPSA) is 75.3 Å². The summed E-state index contributed by atoms with van der Waals surface area (Å²) in [6, 6.07) is 9.04. The molecule has 2 N–H and O–H groups in total. The van der Waals surface area contributed by atoms with Gasteiger partial charge in [-0.3, -0.25) is 9.52 Å². The van der Waals surface area contributed by atoms with Crippen molar-refractivity contribution < 1.29 is 13.2 Å². The first-order valence-electron chi connectivity index (χ1n) is 6.20. The summed E-state index contributed by atoms with van der Waals surface area (Å²) in [7, 11) is -3.52. The molecule has 0 aromatic heterocycles. The number of nitrogens with one attached hydrogen (secondary N) is 2. The monoisotopic (exact) mass is 392 g/mol. The van der Waals surface area contributed by atoms with E-state index in [2.05, 4.69) is 10.0 Å². The minimum atomic E-state index is -3.52. The van der Waals surface area contributed by atoms with Crippen LogP contribution >= 0.6 is 34.8 Å². The van der Waals surface area contributed by atoms with Gasteiger partial charge < -0.3 is 5.32 Å². The second kappa shape index (κ2) is 6.97. The molecule has 0 saturated carbocycles. The van der Waals surface area contributed by atoms with Gasteiger partial charge >= 0.3 is 0 Å². The van der Waals surface area contributed by atoms with E-state index in [1.807, 2.05) is 0 Å². The minimum Gasteiger partial charge on any atom is -0.321 e. The molecule has 0 fully saturated rings. The van der Waals surface area contributed by atoms with Gasteiger partial charge in [-0.15, -0.1) is 0 Å². The molecule has 0 unspecified atom stereocenters. The fourth-order valence-electron chi connectivity index (χ4n) is 1.74. The number of carbonyl (C=O) groups excluding carboxylic acids is 1. The fraction of sp³-hybridized carbons (Fsp3) is 0.0714. The number of rotatable bonds is 4. The zero-order valence-corrected chi connectivity index (χ0v) is 14.8. The van der Waals surface area contributed by atoms with Crippen molar-refractivity contribution in [1.82, 2.24) is 0 Å². The van der Waals surface area contributed by atoms with Crippen LogP contribution in [0.25, 0.3) is 0 Å². The van der Waals surface area contributed by atoms with Gasteiger partial charge in [0.05, 0.1) is 32.7 Å². The van der Waals surface area contributed by atoms with Gasteiger partial charge in [0.25, 0.3) is 5.91 Å². The number of hydrogen-bond acceptors (Lipinski definition) is 3. The van der Waals surface area contributed by atoms with Crippen LogP contribution in [-0.2, 0) is 10.0 Å². The van der Waals surface area contributed by atoms with Gasteiger partial charge in [0.1, 0.15) is 0 Å². The fourth-order valence-corrected chi connectivity index (χ4v) is 2.88. The molecular weight excluding hydrogens is 383 g/mol. The van der Waals surface area contributed by atoms with Crippen molar-refractivity contribution in [3.63, 3.8) is 0 Å². The Morgan fingerprint density at radius 1 is 1.00 bits per heavy atom. The highest BCUT2D eigenvalue weighted by molar-refractivity contribution is 7.92. The van der Waals surface area contributed by atoms with Crippen LogP contribution in [0, 0.1) is 0 Å². The number of hydrogen-bond donors (Lipinski definition) is 2. The molecule has 0 aliphatic rings. The molecule has 0 saturated heterocycles. The van der Waals surface area contributed by atoms with Crippen molar-refractivity contribution >= 4 is 62.1 Å². The molecule has 1 amide bonds. The van der Waals surface area contributed by atoms with Crippen molar-refractivity contribution in [3.05, 3.63) is 57.0 Å². The smallest absolute Gasteiger partial charge is 0.255 e. The molecule has 0 atom stereocenters. The summed E-state index contributed by atoms with van der Waals surface area (Å²) in [6.45, 7) is 0. The van der Waals surface area contributed by atoms with Crippen molar-refractivity contribution in [2.24, 2.45) is 0 Å². The second-order valence-corrected chi connectivity index (χ2v) is 7.57. The molecule has 2 aromatic rings. The Morgan fingerprint density at radius 2 is 1.70 bits per heavy atom. The first-order valence-corrected chi connectivity index (χ1v) is 9.22. The normalized spacial score (nSPS) is 11.1. The Balaban J connectivity index is 2.29. The van der Waals surface area contributed by atoms with E-state index in [1.165, 1.54) is 18.2 Å². The summed E-state index contributed by atoms with van der Waals surface area (Å²) < 4.78 is 24.9. The number of carbonyl (C=O) groups is 1. The summed E-state index contributed by atoms with van der Waals surface area (Å²) in [4.78, 5) is 12.3. The summed E-state index contributed by atoms with van der Waals surface area (Å²) in [5.41, 5.74) is 0.660. The SMILES string of the molecule is CS(=O)(=O)Nc1cc(C(=O)Nc2cccc(Cl)c2Cl)ccc1Cl. The molecule has 2 aromatic carbocycles. The van der Waals surface area contributed by atoms with Crippen molar-refractivity contribution in [3.8, 4) is 0 Å². The maximum Gasteiger partial charge on any atom is 0.255 e. The third kappa shape index (κ3) is 4.75. The molecule has 0 heterocycles. The summed E-state index contributed by atoms with van der Waals surface area (Å²) in [5, 5.41) is 3.29. The van der Waals surface area contributed by atoms with E-state index in [-0.39, 0.29) is 21.3 Å². The van der Waals surface area contributed by atoms with Crippen LogP contribution in [0.3, 0.4) is 0 Å². The highest BCUT2D eigenvalue weighted by atomic mass is 35.5. The van der Waals surface area contributed by atoms with E-state index in [9.17, 15) is 13.2 Å². The molecular formula is C14H11Cl3N2O3S. The molecule has 23 heavy (non-hydrogen) atoms. The number of halogens is 3. The maximum atomic E-state index is 12.3. The molecule has 0 aliphatic carbocycles. The molecule has 9 heteroatoms. The highest BCUT2D eigenvalue weighted by Gasteiger charge is 2.13. The van der Waals surface area contributed by atoms with Crippen molar-refractivity contribution in [2.75, 3.05) is 16.3 Å². The highest BCUT2D eigenvalue weighted by Crippen LogP contribution is 2.30. The Hall–Kier alpha value is -1.47. The largest absolute Gasteiger partial charge is 0.321 e. The van der Waals surface area contributed by atoms with Crippen LogP contribution < -0.4 is 10.0 Å². The van der Waals surface area contributed by atoms with E-state index in [1.54, 1.807) is 18.2 Å². The minimum absolute atomic E-state index is 0.110. The second-order valence-electron chi connectivity index (χ2n) is 4.62. The number of amides is 1. The summed E-state index contributed by atoms with van der Waals surface area (Å²) in [5.74, 6) is -0.484. The van der Waals surface area contributed by atoms with Crippen LogP contribution in [0.1, 0.15) is 10.4 Å². The van der Waals surface area contributed by atoms with Gasteiger partial charge in [-0.05, 0) is 30.3 Å². The molecule has 2 rings (SSSR count). The van der Waals surface area contributed by atoms with E-state index < -0.39 is 15.9 Å². The van der Waals surface area contributed by atoms with Crippen LogP contribution in [0.15, 0.2) is 36.4 Å². The molecule has 0 radical (unpaired) electrons. The van der Waals surface area contributed by atoms with E-state index in [0.717, 1.165) is 6.26 Å². The van der Waals surface area contributed by atoms with E-state index >= 15 is 0 Å². The van der Waals surface area contributed by atoms with Gasteiger partial charge in [0.2, 0.25) is 10.0 Å². The van der Waals surface area contributed by atoms with Gasteiger partial charge in [0.15, 0.2) is 0 Å².